The Kier molecular flexibility index (Phi) is 15.6. The number of hydrogen-bond acceptors (Lipinski definition) is 2. The Balaban J connectivity index is 0.000000198. The molecule has 51 heavy (non-hydrogen) atoms. The lowest BCUT2D eigenvalue weighted by Crippen LogP contribution is -2.23. The SMILES string of the molecule is CCCC1CCC(C2CC=C(C#Cc3ccc(C#N)cc3)CC2)CC1.CCCCC1CCC(C2CC=C(C#Cc3ccc(C#N)cc3)CC2)CC1. The molecule has 0 spiro atoms. The predicted molar refractivity (Wildman–Crippen MR) is 212 cm³/mol. The van der Waals surface area contributed by atoms with Gasteiger partial charge >= 0.3 is 0 Å². The Labute approximate surface area is 310 Å². The average Bonchev–Trinajstić information content (AvgIpc) is 3.20. The number of allylic oxidation sites excluding steroid dienone is 4. The van der Waals surface area contributed by atoms with Crippen LogP contribution in [-0.4, -0.2) is 0 Å². The molecular formula is C49H60N2. The van der Waals surface area contributed by atoms with Gasteiger partial charge in [-0.3, -0.25) is 0 Å². The Morgan fingerprint density at radius 3 is 1.24 bits per heavy atom. The summed E-state index contributed by atoms with van der Waals surface area (Å²) in [6.45, 7) is 4.63. The first kappa shape index (κ1) is 38.3. The van der Waals surface area contributed by atoms with E-state index < -0.39 is 0 Å². The second-order valence-corrected chi connectivity index (χ2v) is 15.9. The van der Waals surface area contributed by atoms with Crippen LogP contribution < -0.4 is 0 Å². The van der Waals surface area contributed by atoms with Gasteiger partial charge in [0, 0.05) is 11.1 Å². The fourth-order valence-corrected chi connectivity index (χ4v) is 9.15. The highest BCUT2D eigenvalue weighted by molar-refractivity contribution is 5.45. The Morgan fingerprint density at radius 1 is 0.471 bits per heavy atom. The summed E-state index contributed by atoms with van der Waals surface area (Å²) in [4.78, 5) is 0. The van der Waals surface area contributed by atoms with Crippen molar-refractivity contribution >= 4 is 0 Å². The van der Waals surface area contributed by atoms with Crippen LogP contribution in [0, 0.1) is 81.9 Å². The molecule has 2 aromatic rings. The monoisotopic (exact) mass is 676 g/mol. The first-order valence-electron chi connectivity index (χ1n) is 20.5. The molecule has 0 heterocycles. The summed E-state index contributed by atoms with van der Waals surface area (Å²) in [5, 5.41) is 17.7. The van der Waals surface area contributed by atoms with Crippen molar-refractivity contribution in [3.63, 3.8) is 0 Å². The molecule has 0 N–H and O–H groups in total. The summed E-state index contributed by atoms with van der Waals surface area (Å²) in [5.74, 6) is 18.9. The fraction of sp³-hybridized carbons (Fsp3) is 0.551. The zero-order chi connectivity index (χ0) is 35.7. The molecule has 0 aliphatic heterocycles. The van der Waals surface area contributed by atoms with E-state index in [-0.39, 0.29) is 0 Å². The minimum absolute atomic E-state index is 0.693. The highest BCUT2D eigenvalue weighted by Gasteiger charge is 2.29. The topological polar surface area (TPSA) is 47.6 Å². The number of hydrogen-bond donors (Lipinski definition) is 0. The molecule has 4 aliphatic rings. The molecule has 0 radical (unpaired) electrons. The van der Waals surface area contributed by atoms with Gasteiger partial charge in [0.2, 0.25) is 0 Å². The third-order valence-electron chi connectivity index (χ3n) is 12.4. The summed E-state index contributed by atoms with van der Waals surface area (Å²) in [5.41, 5.74) is 6.00. The molecule has 2 saturated carbocycles. The van der Waals surface area contributed by atoms with E-state index in [0.717, 1.165) is 59.5 Å². The summed E-state index contributed by atoms with van der Waals surface area (Å²) in [7, 11) is 0. The number of benzene rings is 2. The highest BCUT2D eigenvalue weighted by atomic mass is 14.3. The summed E-state index contributed by atoms with van der Waals surface area (Å²) < 4.78 is 0. The van der Waals surface area contributed by atoms with Crippen molar-refractivity contribution in [1.29, 1.82) is 10.5 Å². The molecule has 2 aromatic carbocycles. The van der Waals surface area contributed by atoms with Gasteiger partial charge in [-0.1, -0.05) is 107 Å². The van der Waals surface area contributed by atoms with E-state index in [2.05, 4.69) is 61.8 Å². The Bertz CT molecular complexity index is 1640. The summed E-state index contributed by atoms with van der Waals surface area (Å²) >= 11 is 0. The van der Waals surface area contributed by atoms with Gasteiger partial charge in [0.15, 0.2) is 0 Å². The van der Waals surface area contributed by atoms with Gasteiger partial charge in [0.25, 0.3) is 0 Å². The quantitative estimate of drug-likeness (QED) is 0.274. The highest BCUT2D eigenvalue weighted by Crippen LogP contribution is 2.42. The van der Waals surface area contributed by atoms with E-state index in [1.165, 1.54) is 120 Å². The van der Waals surface area contributed by atoms with Gasteiger partial charge < -0.3 is 0 Å². The lowest BCUT2D eigenvalue weighted by atomic mass is 9.71. The molecule has 0 saturated heterocycles. The first-order chi connectivity index (χ1) is 25.1. The molecule has 266 valence electrons. The van der Waals surface area contributed by atoms with E-state index in [9.17, 15) is 0 Å². The average molecular weight is 677 g/mol. The van der Waals surface area contributed by atoms with E-state index in [1.807, 2.05) is 48.5 Å². The Hall–Kier alpha value is -3.98. The molecule has 4 aliphatic carbocycles. The minimum Gasteiger partial charge on any atom is -0.192 e. The van der Waals surface area contributed by atoms with Crippen molar-refractivity contribution in [1.82, 2.24) is 0 Å². The van der Waals surface area contributed by atoms with Gasteiger partial charge in [-0.05, 0) is 159 Å². The number of nitriles is 2. The second kappa shape index (κ2) is 20.8. The van der Waals surface area contributed by atoms with Crippen molar-refractivity contribution in [2.24, 2.45) is 35.5 Å². The maximum atomic E-state index is 8.85. The van der Waals surface area contributed by atoms with E-state index in [4.69, 9.17) is 10.5 Å². The van der Waals surface area contributed by atoms with E-state index in [0.29, 0.717) is 11.1 Å². The van der Waals surface area contributed by atoms with Crippen LogP contribution in [0.5, 0.6) is 0 Å². The Morgan fingerprint density at radius 2 is 0.882 bits per heavy atom. The second-order valence-electron chi connectivity index (χ2n) is 15.9. The van der Waals surface area contributed by atoms with Crippen molar-refractivity contribution < 1.29 is 0 Å². The number of unbranched alkanes of at least 4 members (excludes halogenated alkanes) is 1. The molecule has 0 amide bonds. The lowest BCUT2D eigenvalue weighted by Gasteiger charge is -2.35. The predicted octanol–water partition coefficient (Wildman–Crippen LogP) is 12.9. The molecule has 0 bridgehead atoms. The van der Waals surface area contributed by atoms with Crippen LogP contribution >= 0.6 is 0 Å². The normalized spacial score (nSPS) is 25.8. The van der Waals surface area contributed by atoms with Crippen LogP contribution in [-0.2, 0) is 0 Å². The molecule has 2 unspecified atom stereocenters. The molecule has 2 nitrogen and oxygen atoms in total. The van der Waals surface area contributed by atoms with Gasteiger partial charge in [0.1, 0.15) is 0 Å². The van der Waals surface area contributed by atoms with Crippen LogP contribution in [0.4, 0.5) is 0 Å². The maximum absolute atomic E-state index is 8.85. The fourth-order valence-electron chi connectivity index (χ4n) is 9.15. The van der Waals surface area contributed by atoms with Crippen LogP contribution in [0.25, 0.3) is 0 Å². The van der Waals surface area contributed by atoms with Crippen LogP contribution in [0.15, 0.2) is 71.8 Å². The van der Waals surface area contributed by atoms with E-state index in [1.54, 1.807) is 0 Å². The summed E-state index contributed by atoms with van der Waals surface area (Å²) in [6, 6.07) is 19.4. The van der Waals surface area contributed by atoms with Gasteiger partial charge in [-0.15, -0.1) is 0 Å². The third-order valence-corrected chi connectivity index (χ3v) is 12.4. The lowest BCUT2D eigenvalue weighted by molar-refractivity contribution is 0.186. The number of nitrogens with zero attached hydrogens (tertiary/aromatic N) is 2. The van der Waals surface area contributed by atoms with Crippen LogP contribution in [0.3, 0.4) is 0 Å². The van der Waals surface area contributed by atoms with Gasteiger partial charge in [0.05, 0.1) is 23.3 Å². The summed E-state index contributed by atoms with van der Waals surface area (Å²) in [6.07, 6.45) is 30.9. The van der Waals surface area contributed by atoms with Crippen molar-refractivity contribution in [3.05, 3.63) is 94.1 Å². The first-order valence-corrected chi connectivity index (χ1v) is 20.5. The molecule has 2 fully saturated rings. The molecule has 0 aromatic heterocycles. The van der Waals surface area contributed by atoms with Crippen LogP contribution in [0.2, 0.25) is 0 Å². The number of rotatable bonds is 7. The van der Waals surface area contributed by atoms with Crippen molar-refractivity contribution in [2.45, 2.75) is 136 Å². The van der Waals surface area contributed by atoms with Gasteiger partial charge in [-0.25, -0.2) is 0 Å². The standard InChI is InChI=1S/C25H31N.C24H29N/c1-2-3-4-20-11-15-24(16-12-20)25-17-13-22(14-18-25)6-5-21-7-9-23(19-26)10-8-21;1-2-3-19-10-14-23(15-11-19)24-16-12-21(13-17-24)5-4-20-6-8-22(18-25)9-7-20/h7-10,13,20,24-25H,2-4,11-12,14-18H2,1H3;6-9,12,19,23-24H,2-3,10-11,13-17H2,1H3. The third kappa shape index (κ3) is 12.3. The largest absolute Gasteiger partial charge is 0.192 e. The minimum atomic E-state index is 0.693. The van der Waals surface area contributed by atoms with Crippen LogP contribution in [0.1, 0.15) is 158 Å². The maximum Gasteiger partial charge on any atom is 0.0991 e. The van der Waals surface area contributed by atoms with Crippen molar-refractivity contribution in [3.8, 4) is 35.8 Å². The zero-order valence-electron chi connectivity index (χ0n) is 31.6. The molecule has 2 atom stereocenters. The van der Waals surface area contributed by atoms with E-state index >= 15 is 0 Å². The zero-order valence-corrected chi connectivity index (χ0v) is 31.6. The smallest absolute Gasteiger partial charge is 0.0991 e. The molecule has 6 rings (SSSR count). The molecular weight excluding hydrogens is 617 g/mol. The van der Waals surface area contributed by atoms with Gasteiger partial charge in [-0.2, -0.15) is 10.5 Å². The van der Waals surface area contributed by atoms with Crippen molar-refractivity contribution in [2.75, 3.05) is 0 Å². The molecule has 2 heteroatoms.